The van der Waals surface area contributed by atoms with E-state index in [1.165, 1.54) is 24.3 Å². The number of hydrogen-bond donors (Lipinski definition) is 1. The summed E-state index contributed by atoms with van der Waals surface area (Å²) in [5, 5.41) is 16.5. The zero-order chi connectivity index (χ0) is 20.3. The number of non-ortho nitro benzene ring substituents is 1. The minimum absolute atomic E-state index is 0.0721. The molecule has 0 aliphatic carbocycles. The number of likely N-dealkylation sites (tertiary alicyclic amines) is 1. The number of rotatable bonds is 5. The van der Waals surface area contributed by atoms with Crippen molar-refractivity contribution < 1.29 is 14.5 Å². The van der Waals surface area contributed by atoms with Crippen LogP contribution in [0.5, 0.6) is 0 Å². The van der Waals surface area contributed by atoms with E-state index in [1.54, 1.807) is 23.2 Å². The molecule has 2 atom stereocenters. The van der Waals surface area contributed by atoms with Crippen molar-refractivity contribution in [3.05, 3.63) is 56.0 Å². The molecular formula is C19H22N4O4S. The van der Waals surface area contributed by atoms with Crippen LogP contribution in [0.15, 0.2) is 29.6 Å². The van der Waals surface area contributed by atoms with E-state index in [2.05, 4.69) is 10.3 Å². The number of thiazole rings is 1. The minimum atomic E-state index is -0.742. The summed E-state index contributed by atoms with van der Waals surface area (Å²) in [5.41, 5.74) is 0.923. The van der Waals surface area contributed by atoms with Crippen molar-refractivity contribution >= 4 is 28.8 Å². The van der Waals surface area contributed by atoms with Crippen LogP contribution in [0, 0.1) is 17.0 Å². The van der Waals surface area contributed by atoms with E-state index in [0.717, 1.165) is 30.0 Å². The van der Waals surface area contributed by atoms with Gasteiger partial charge in [0.05, 0.1) is 11.0 Å². The minimum Gasteiger partial charge on any atom is -0.341 e. The van der Waals surface area contributed by atoms with Crippen molar-refractivity contribution in [2.24, 2.45) is 0 Å². The van der Waals surface area contributed by atoms with Crippen molar-refractivity contribution in [2.45, 2.75) is 45.2 Å². The first-order valence-corrected chi connectivity index (χ1v) is 10.0. The Bertz CT molecular complexity index is 898. The van der Waals surface area contributed by atoms with Gasteiger partial charge in [0, 0.05) is 35.3 Å². The number of aryl methyl sites for hydroxylation is 1. The predicted octanol–water partition coefficient (Wildman–Crippen LogP) is 3.23. The highest BCUT2D eigenvalue weighted by molar-refractivity contribution is 7.09. The smallest absolute Gasteiger partial charge is 0.270 e. The van der Waals surface area contributed by atoms with Crippen molar-refractivity contribution in [3.63, 3.8) is 0 Å². The number of carbonyl (C=O) groups is 2. The molecule has 1 N–H and O–H groups in total. The molecular weight excluding hydrogens is 380 g/mol. The lowest BCUT2D eigenvalue weighted by atomic mass is 10.0. The Hall–Kier alpha value is -2.81. The maximum atomic E-state index is 13.0. The quantitative estimate of drug-likeness (QED) is 0.610. The highest BCUT2D eigenvalue weighted by atomic mass is 32.1. The van der Waals surface area contributed by atoms with E-state index in [4.69, 9.17) is 0 Å². The van der Waals surface area contributed by atoms with Crippen molar-refractivity contribution in [2.75, 3.05) is 6.54 Å². The largest absolute Gasteiger partial charge is 0.341 e. The Kier molecular flexibility index (Phi) is 6.03. The van der Waals surface area contributed by atoms with Gasteiger partial charge < -0.3 is 10.2 Å². The first-order valence-electron chi connectivity index (χ1n) is 9.14. The van der Waals surface area contributed by atoms with E-state index in [-0.39, 0.29) is 23.2 Å². The topological polar surface area (TPSA) is 105 Å². The molecule has 2 heterocycles. The fourth-order valence-corrected chi connectivity index (χ4v) is 4.27. The summed E-state index contributed by atoms with van der Waals surface area (Å²) in [7, 11) is 0. The number of aromatic nitrogens is 1. The lowest BCUT2D eigenvalue weighted by molar-refractivity contribution is -0.384. The number of benzene rings is 1. The number of nitro benzene ring substituents is 1. The van der Waals surface area contributed by atoms with Crippen LogP contribution < -0.4 is 5.32 Å². The van der Waals surface area contributed by atoms with Crippen molar-refractivity contribution in [1.29, 1.82) is 0 Å². The molecule has 9 heteroatoms. The van der Waals surface area contributed by atoms with E-state index >= 15 is 0 Å². The SMILES string of the molecule is Cc1csc([C@H]2CCCCN2C(=O)[C@@H](C)NC(=O)c2cccc([N+](=O)[O-])c2)n1. The van der Waals surface area contributed by atoms with E-state index < -0.39 is 16.9 Å². The van der Waals surface area contributed by atoms with Gasteiger partial charge >= 0.3 is 0 Å². The molecule has 2 aromatic rings. The van der Waals surface area contributed by atoms with Crippen LogP contribution in [-0.4, -0.2) is 39.2 Å². The molecule has 0 bridgehead atoms. The van der Waals surface area contributed by atoms with Crippen LogP contribution in [0.3, 0.4) is 0 Å². The van der Waals surface area contributed by atoms with Crippen LogP contribution in [0.25, 0.3) is 0 Å². The summed E-state index contributed by atoms with van der Waals surface area (Å²) in [6.45, 7) is 4.19. The molecule has 2 amide bonds. The molecule has 3 rings (SSSR count). The summed E-state index contributed by atoms with van der Waals surface area (Å²) in [4.78, 5) is 42.1. The Morgan fingerprint density at radius 3 is 2.86 bits per heavy atom. The van der Waals surface area contributed by atoms with E-state index in [9.17, 15) is 19.7 Å². The van der Waals surface area contributed by atoms with Gasteiger partial charge in [-0.05, 0) is 39.2 Å². The summed E-state index contributed by atoms with van der Waals surface area (Å²) in [5.74, 6) is -0.681. The first kappa shape index (κ1) is 19.9. The van der Waals surface area contributed by atoms with E-state index in [0.29, 0.717) is 6.54 Å². The van der Waals surface area contributed by atoms with Gasteiger partial charge in [-0.3, -0.25) is 19.7 Å². The van der Waals surface area contributed by atoms with E-state index in [1.807, 2.05) is 12.3 Å². The van der Waals surface area contributed by atoms with Crippen LogP contribution in [-0.2, 0) is 4.79 Å². The maximum Gasteiger partial charge on any atom is 0.270 e. The van der Waals surface area contributed by atoms with Gasteiger partial charge in [0.2, 0.25) is 5.91 Å². The lowest BCUT2D eigenvalue weighted by Gasteiger charge is -2.36. The summed E-state index contributed by atoms with van der Waals surface area (Å²) < 4.78 is 0. The predicted molar refractivity (Wildman–Crippen MR) is 105 cm³/mol. The molecule has 148 valence electrons. The zero-order valence-electron chi connectivity index (χ0n) is 15.8. The van der Waals surface area contributed by atoms with Gasteiger partial charge in [0.25, 0.3) is 11.6 Å². The average Bonchev–Trinajstić information content (AvgIpc) is 3.13. The zero-order valence-corrected chi connectivity index (χ0v) is 16.6. The first-order chi connectivity index (χ1) is 13.4. The Morgan fingerprint density at radius 1 is 1.39 bits per heavy atom. The fraction of sp³-hybridized carbons (Fsp3) is 0.421. The third-order valence-corrected chi connectivity index (χ3v) is 5.81. The number of hydrogen-bond acceptors (Lipinski definition) is 6. The average molecular weight is 402 g/mol. The number of amides is 2. The number of carbonyl (C=O) groups excluding carboxylic acids is 2. The van der Waals surface area contributed by atoms with Gasteiger partial charge in [0.1, 0.15) is 11.0 Å². The molecule has 8 nitrogen and oxygen atoms in total. The summed E-state index contributed by atoms with van der Waals surface area (Å²) in [6.07, 6.45) is 2.80. The molecule has 0 spiro atoms. The monoisotopic (exact) mass is 402 g/mol. The highest BCUT2D eigenvalue weighted by Crippen LogP contribution is 2.33. The van der Waals surface area contributed by atoms with Gasteiger partial charge in [-0.1, -0.05) is 6.07 Å². The summed E-state index contributed by atoms with van der Waals surface area (Å²) in [6, 6.07) is 4.64. The Balaban J connectivity index is 1.71. The fourth-order valence-electron chi connectivity index (χ4n) is 3.33. The second-order valence-corrected chi connectivity index (χ2v) is 7.76. The van der Waals surface area contributed by atoms with Crippen molar-refractivity contribution in [1.82, 2.24) is 15.2 Å². The summed E-state index contributed by atoms with van der Waals surface area (Å²) >= 11 is 1.55. The molecule has 1 saturated heterocycles. The van der Waals surface area contributed by atoms with Crippen molar-refractivity contribution in [3.8, 4) is 0 Å². The molecule has 28 heavy (non-hydrogen) atoms. The van der Waals surface area contributed by atoms with Crippen LogP contribution >= 0.6 is 11.3 Å². The highest BCUT2D eigenvalue weighted by Gasteiger charge is 2.33. The Labute approximate surface area is 166 Å². The second kappa shape index (κ2) is 8.47. The second-order valence-electron chi connectivity index (χ2n) is 6.87. The number of nitrogens with zero attached hydrogens (tertiary/aromatic N) is 3. The third-order valence-electron chi connectivity index (χ3n) is 4.74. The number of nitrogens with one attached hydrogen (secondary N) is 1. The number of piperidine rings is 1. The van der Waals surface area contributed by atoms with Gasteiger partial charge in [-0.25, -0.2) is 4.98 Å². The third kappa shape index (κ3) is 4.36. The molecule has 0 radical (unpaired) electrons. The van der Waals surface area contributed by atoms with Crippen LogP contribution in [0.2, 0.25) is 0 Å². The Morgan fingerprint density at radius 2 is 2.18 bits per heavy atom. The normalized spacial score (nSPS) is 17.8. The molecule has 1 fully saturated rings. The van der Waals surface area contributed by atoms with Gasteiger partial charge in [0.15, 0.2) is 0 Å². The maximum absolute atomic E-state index is 13.0. The molecule has 0 unspecified atom stereocenters. The van der Waals surface area contributed by atoms with Crippen LogP contribution in [0.1, 0.15) is 53.3 Å². The lowest BCUT2D eigenvalue weighted by Crippen LogP contribution is -2.49. The molecule has 1 aromatic heterocycles. The molecule has 1 aliphatic rings. The number of nitro groups is 1. The molecule has 1 aromatic carbocycles. The molecule has 0 saturated carbocycles. The van der Waals surface area contributed by atoms with Gasteiger partial charge in [-0.15, -0.1) is 11.3 Å². The standard InChI is InChI=1S/C19H22N4O4S/c1-12-11-28-18(20-12)16-8-3-4-9-22(16)19(25)13(2)21-17(24)14-6-5-7-15(10-14)23(26)27/h5-7,10-11,13,16H,3-4,8-9H2,1-2H3,(H,21,24)/t13-,16-/m1/s1. The molecule has 1 aliphatic heterocycles. The van der Waals surface area contributed by atoms with Crippen LogP contribution in [0.4, 0.5) is 5.69 Å². The van der Waals surface area contributed by atoms with Gasteiger partial charge in [-0.2, -0.15) is 0 Å².